The van der Waals surface area contributed by atoms with E-state index in [0.717, 1.165) is 19.6 Å². The SMILES string of the molecule is C[C@@H]1CN(Cc2cccnc2)C[C@H](C)O1. The summed E-state index contributed by atoms with van der Waals surface area (Å²) in [5.41, 5.74) is 1.28. The summed E-state index contributed by atoms with van der Waals surface area (Å²) >= 11 is 0. The molecule has 2 atom stereocenters. The third-order valence-corrected chi connectivity index (χ3v) is 2.62. The maximum atomic E-state index is 5.70. The molecule has 0 saturated carbocycles. The first kappa shape index (κ1) is 10.6. The van der Waals surface area contributed by atoms with Gasteiger partial charge in [-0.1, -0.05) is 6.07 Å². The number of pyridine rings is 1. The van der Waals surface area contributed by atoms with Crippen molar-refractivity contribution in [1.29, 1.82) is 0 Å². The van der Waals surface area contributed by atoms with Gasteiger partial charge in [0.05, 0.1) is 12.2 Å². The molecule has 1 saturated heterocycles. The van der Waals surface area contributed by atoms with Crippen molar-refractivity contribution >= 4 is 0 Å². The Hall–Kier alpha value is -0.930. The Morgan fingerprint density at radius 1 is 1.40 bits per heavy atom. The number of nitrogens with zero attached hydrogens (tertiary/aromatic N) is 2. The minimum Gasteiger partial charge on any atom is -0.373 e. The molecule has 0 aromatic carbocycles. The summed E-state index contributed by atoms with van der Waals surface area (Å²) < 4.78 is 5.70. The Kier molecular flexibility index (Phi) is 3.34. The molecule has 1 fully saturated rings. The van der Waals surface area contributed by atoms with Gasteiger partial charge < -0.3 is 4.74 Å². The maximum absolute atomic E-state index is 5.70. The Morgan fingerprint density at radius 3 is 2.73 bits per heavy atom. The number of rotatable bonds is 2. The van der Waals surface area contributed by atoms with E-state index >= 15 is 0 Å². The van der Waals surface area contributed by atoms with E-state index in [2.05, 4.69) is 29.8 Å². The van der Waals surface area contributed by atoms with Gasteiger partial charge in [0, 0.05) is 32.0 Å². The van der Waals surface area contributed by atoms with E-state index in [-0.39, 0.29) is 0 Å². The summed E-state index contributed by atoms with van der Waals surface area (Å²) in [4.78, 5) is 6.56. The Morgan fingerprint density at radius 2 is 2.13 bits per heavy atom. The largest absolute Gasteiger partial charge is 0.373 e. The number of hydrogen-bond donors (Lipinski definition) is 0. The fraction of sp³-hybridized carbons (Fsp3) is 0.583. The Labute approximate surface area is 91.1 Å². The zero-order chi connectivity index (χ0) is 10.7. The average molecular weight is 206 g/mol. The second-order valence-corrected chi connectivity index (χ2v) is 4.31. The number of aromatic nitrogens is 1. The standard InChI is InChI=1S/C12H18N2O/c1-10-7-14(8-11(2)15-10)9-12-4-3-5-13-6-12/h3-6,10-11H,7-9H2,1-2H3/t10-,11+. The molecule has 1 aromatic rings. The lowest BCUT2D eigenvalue weighted by Gasteiger charge is -2.35. The lowest BCUT2D eigenvalue weighted by atomic mass is 10.2. The van der Waals surface area contributed by atoms with Crippen LogP contribution in [0.25, 0.3) is 0 Å². The monoisotopic (exact) mass is 206 g/mol. The van der Waals surface area contributed by atoms with E-state index in [0.29, 0.717) is 12.2 Å². The Balaban J connectivity index is 1.94. The van der Waals surface area contributed by atoms with Crippen LogP contribution in [0.1, 0.15) is 19.4 Å². The van der Waals surface area contributed by atoms with Crippen LogP contribution < -0.4 is 0 Å². The van der Waals surface area contributed by atoms with Gasteiger partial charge in [0.2, 0.25) is 0 Å². The van der Waals surface area contributed by atoms with E-state index in [1.807, 2.05) is 18.5 Å². The van der Waals surface area contributed by atoms with E-state index in [1.54, 1.807) is 0 Å². The molecule has 3 heteroatoms. The molecule has 15 heavy (non-hydrogen) atoms. The Bertz CT molecular complexity index is 292. The van der Waals surface area contributed by atoms with Crippen LogP contribution in [0.3, 0.4) is 0 Å². The average Bonchev–Trinajstić information content (AvgIpc) is 2.17. The molecule has 3 nitrogen and oxygen atoms in total. The molecule has 0 spiro atoms. The zero-order valence-corrected chi connectivity index (χ0v) is 9.39. The molecule has 82 valence electrons. The van der Waals surface area contributed by atoms with Gasteiger partial charge >= 0.3 is 0 Å². The lowest BCUT2D eigenvalue weighted by molar-refractivity contribution is -0.0705. The predicted octanol–water partition coefficient (Wildman–Crippen LogP) is 1.69. The van der Waals surface area contributed by atoms with Crippen molar-refractivity contribution in [2.75, 3.05) is 13.1 Å². The van der Waals surface area contributed by atoms with Gasteiger partial charge in [-0.2, -0.15) is 0 Å². The van der Waals surface area contributed by atoms with Crippen molar-refractivity contribution in [3.63, 3.8) is 0 Å². The molecule has 0 aliphatic carbocycles. The highest BCUT2D eigenvalue weighted by Gasteiger charge is 2.21. The van der Waals surface area contributed by atoms with Crippen LogP contribution in [0.5, 0.6) is 0 Å². The number of hydrogen-bond acceptors (Lipinski definition) is 3. The van der Waals surface area contributed by atoms with Gasteiger partial charge in [-0.25, -0.2) is 0 Å². The van der Waals surface area contributed by atoms with Crippen molar-refractivity contribution in [2.24, 2.45) is 0 Å². The molecular weight excluding hydrogens is 188 g/mol. The fourth-order valence-corrected chi connectivity index (χ4v) is 2.16. The van der Waals surface area contributed by atoms with Gasteiger partial charge in [-0.05, 0) is 25.5 Å². The summed E-state index contributed by atoms with van der Waals surface area (Å²) in [6, 6.07) is 4.11. The molecule has 1 aromatic heterocycles. The summed E-state index contributed by atoms with van der Waals surface area (Å²) in [6.45, 7) is 7.27. The van der Waals surface area contributed by atoms with Crippen molar-refractivity contribution in [2.45, 2.75) is 32.6 Å². The van der Waals surface area contributed by atoms with Gasteiger partial charge in [0.15, 0.2) is 0 Å². The first-order valence-electron chi connectivity index (χ1n) is 5.51. The topological polar surface area (TPSA) is 25.4 Å². The highest BCUT2D eigenvalue weighted by Crippen LogP contribution is 2.13. The second-order valence-electron chi connectivity index (χ2n) is 4.31. The van der Waals surface area contributed by atoms with Crippen molar-refractivity contribution in [3.8, 4) is 0 Å². The minimum atomic E-state index is 0.338. The van der Waals surface area contributed by atoms with Crippen LogP contribution in [0.2, 0.25) is 0 Å². The first-order chi connectivity index (χ1) is 7.24. The van der Waals surface area contributed by atoms with Crippen molar-refractivity contribution in [1.82, 2.24) is 9.88 Å². The van der Waals surface area contributed by atoms with Crippen LogP contribution in [0.4, 0.5) is 0 Å². The molecule has 0 radical (unpaired) electrons. The molecule has 2 heterocycles. The van der Waals surface area contributed by atoms with Gasteiger partial charge in [-0.3, -0.25) is 9.88 Å². The minimum absolute atomic E-state index is 0.338. The third-order valence-electron chi connectivity index (χ3n) is 2.62. The number of ether oxygens (including phenoxy) is 1. The quantitative estimate of drug-likeness (QED) is 0.736. The smallest absolute Gasteiger partial charge is 0.0678 e. The van der Waals surface area contributed by atoms with Crippen LogP contribution >= 0.6 is 0 Å². The van der Waals surface area contributed by atoms with Gasteiger partial charge in [0.25, 0.3) is 0 Å². The second kappa shape index (κ2) is 4.73. The molecule has 0 unspecified atom stereocenters. The van der Waals surface area contributed by atoms with Gasteiger partial charge in [-0.15, -0.1) is 0 Å². The molecular formula is C12H18N2O. The van der Waals surface area contributed by atoms with E-state index in [4.69, 9.17) is 4.74 Å². The van der Waals surface area contributed by atoms with Crippen LogP contribution in [-0.4, -0.2) is 35.2 Å². The van der Waals surface area contributed by atoms with E-state index in [9.17, 15) is 0 Å². The summed E-state index contributed by atoms with van der Waals surface area (Å²) in [5, 5.41) is 0. The van der Waals surface area contributed by atoms with Crippen molar-refractivity contribution < 1.29 is 4.74 Å². The normalized spacial score (nSPS) is 27.9. The predicted molar refractivity (Wildman–Crippen MR) is 59.5 cm³/mol. The molecule has 0 amide bonds. The molecule has 0 bridgehead atoms. The molecule has 2 rings (SSSR count). The van der Waals surface area contributed by atoms with Crippen molar-refractivity contribution in [3.05, 3.63) is 30.1 Å². The van der Waals surface area contributed by atoms with Crippen LogP contribution in [0.15, 0.2) is 24.5 Å². The maximum Gasteiger partial charge on any atom is 0.0678 e. The fourth-order valence-electron chi connectivity index (χ4n) is 2.16. The van der Waals surface area contributed by atoms with Crippen LogP contribution in [0, 0.1) is 0 Å². The highest BCUT2D eigenvalue weighted by molar-refractivity contribution is 5.08. The molecule has 1 aliphatic heterocycles. The van der Waals surface area contributed by atoms with Crippen LogP contribution in [-0.2, 0) is 11.3 Å². The third kappa shape index (κ3) is 3.01. The number of morpholine rings is 1. The summed E-state index contributed by atoms with van der Waals surface area (Å²) in [6.07, 6.45) is 4.43. The first-order valence-corrected chi connectivity index (χ1v) is 5.51. The lowest BCUT2D eigenvalue weighted by Crippen LogP contribution is -2.44. The molecule has 1 aliphatic rings. The van der Waals surface area contributed by atoms with Gasteiger partial charge in [0.1, 0.15) is 0 Å². The van der Waals surface area contributed by atoms with E-state index in [1.165, 1.54) is 5.56 Å². The summed E-state index contributed by atoms with van der Waals surface area (Å²) in [7, 11) is 0. The summed E-state index contributed by atoms with van der Waals surface area (Å²) in [5.74, 6) is 0. The zero-order valence-electron chi connectivity index (χ0n) is 9.39. The van der Waals surface area contributed by atoms with E-state index < -0.39 is 0 Å². The molecule has 0 N–H and O–H groups in total. The highest BCUT2D eigenvalue weighted by atomic mass is 16.5.